The number of nitrogens with one attached hydrogen (secondary N) is 1. The van der Waals surface area contributed by atoms with E-state index in [4.69, 9.17) is 0 Å². The predicted molar refractivity (Wildman–Crippen MR) is 112 cm³/mol. The summed E-state index contributed by atoms with van der Waals surface area (Å²) >= 11 is 0. The zero-order valence-electron chi connectivity index (χ0n) is 16.7. The SMILES string of the molecule is CNS(=O)(=O)c1ccc(CCC(=O)N(C)Cc2nc(C)c3ccccc3n2)cc1. The highest BCUT2D eigenvalue weighted by Gasteiger charge is 2.14. The molecule has 0 radical (unpaired) electrons. The minimum Gasteiger partial charge on any atom is -0.338 e. The lowest BCUT2D eigenvalue weighted by Crippen LogP contribution is -2.27. The molecule has 29 heavy (non-hydrogen) atoms. The van der Waals surface area contributed by atoms with Gasteiger partial charge in [-0.15, -0.1) is 0 Å². The first-order valence-corrected chi connectivity index (χ1v) is 10.8. The number of sulfonamides is 1. The molecule has 0 bridgehead atoms. The van der Waals surface area contributed by atoms with Gasteiger partial charge in [-0.3, -0.25) is 4.79 Å². The summed E-state index contributed by atoms with van der Waals surface area (Å²) in [5.41, 5.74) is 2.66. The summed E-state index contributed by atoms with van der Waals surface area (Å²) in [5.74, 6) is 0.588. The van der Waals surface area contributed by atoms with Crippen molar-refractivity contribution in [3.8, 4) is 0 Å². The van der Waals surface area contributed by atoms with Crippen molar-refractivity contribution in [3.63, 3.8) is 0 Å². The fraction of sp³-hybridized carbons (Fsp3) is 0.286. The van der Waals surface area contributed by atoms with E-state index >= 15 is 0 Å². The third-order valence-corrected chi connectivity index (χ3v) is 6.20. The first-order valence-electron chi connectivity index (χ1n) is 9.29. The second-order valence-corrected chi connectivity index (χ2v) is 8.73. The maximum Gasteiger partial charge on any atom is 0.240 e. The van der Waals surface area contributed by atoms with Gasteiger partial charge in [0.15, 0.2) is 0 Å². The van der Waals surface area contributed by atoms with Crippen LogP contribution < -0.4 is 4.72 Å². The van der Waals surface area contributed by atoms with Crippen molar-refractivity contribution in [2.45, 2.75) is 31.2 Å². The molecular weight excluding hydrogens is 388 g/mol. The number of benzene rings is 2. The van der Waals surface area contributed by atoms with Crippen LogP contribution in [0.1, 0.15) is 23.5 Å². The number of aryl methyl sites for hydroxylation is 2. The molecule has 2 aromatic carbocycles. The number of hydrogen-bond acceptors (Lipinski definition) is 5. The Kier molecular flexibility index (Phi) is 6.24. The highest BCUT2D eigenvalue weighted by atomic mass is 32.2. The van der Waals surface area contributed by atoms with E-state index in [1.54, 1.807) is 36.2 Å². The van der Waals surface area contributed by atoms with Crippen LogP contribution >= 0.6 is 0 Å². The number of hydrogen-bond donors (Lipinski definition) is 1. The average molecular weight is 413 g/mol. The molecule has 3 aromatic rings. The molecule has 1 aromatic heterocycles. The normalized spacial score (nSPS) is 11.6. The van der Waals surface area contributed by atoms with E-state index in [-0.39, 0.29) is 10.8 Å². The Morgan fingerprint density at radius 1 is 1.07 bits per heavy atom. The van der Waals surface area contributed by atoms with Gasteiger partial charge < -0.3 is 4.90 Å². The van der Waals surface area contributed by atoms with E-state index in [0.717, 1.165) is 22.2 Å². The maximum absolute atomic E-state index is 12.5. The molecule has 152 valence electrons. The lowest BCUT2D eigenvalue weighted by Gasteiger charge is -2.17. The number of amides is 1. The molecule has 0 fully saturated rings. The summed E-state index contributed by atoms with van der Waals surface area (Å²) in [7, 11) is -0.344. The van der Waals surface area contributed by atoms with Crippen LogP contribution in [0, 0.1) is 6.92 Å². The quantitative estimate of drug-likeness (QED) is 0.643. The van der Waals surface area contributed by atoms with Crippen molar-refractivity contribution in [1.82, 2.24) is 19.6 Å². The van der Waals surface area contributed by atoms with Crippen molar-refractivity contribution in [2.75, 3.05) is 14.1 Å². The van der Waals surface area contributed by atoms with E-state index in [0.29, 0.717) is 25.2 Å². The molecule has 1 heterocycles. The number of nitrogens with zero attached hydrogens (tertiary/aromatic N) is 3. The maximum atomic E-state index is 12.5. The van der Waals surface area contributed by atoms with E-state index in [1.807, 2.05) is 31.2 Å². The van der Waals surface area contributed by atoms with Crippen molar-refractivity contribution < 1.29 is 13.2 Å². The Labute approximate surface area is 170 Å². The third-order valence-electron chi connectivity index (χ3n) is 4.77. The smallest absolute Gasteiger partial charge is 0.240 e. The first kappa shape index (κ1) is 20.9. The highest BCUT2D eigenvalue weighted by Crippen LogP contribution is 2.16. The van der Waals surface area contributed by atoms with Crippen LogP contribution in [-0.2, 0) is 27.8 Å². The Morgan fingerprint density at radius 2 is 1.76 bits per heavy atom. The third kappa shape index (κ3) is 4.96. The molecule has 0 saturated carbocycles. The van der Waals surface area contributed by atoms with Gasteiger partial charge in [0.1, 0.15) is 5.82 Å². The summed E-state index contributed by atoms with van der Waals surface area (Å²) in [6.45, 7) is 2.27. The number of rotatable bonds is 7. The zero-order chi connectivity index (χ0) is 21.0. The van der Waals surface area contributed by atoms with Crippen molar-refractivity contribution in [2.24, 2.45) is 0 Å². The summed E-state index contributed by atoms with van der Waals surface area (Å²) in [5, 5.41) is 1.01. The summed E-state index contributed by atoms with van der Waals surface area (Å²) in [6.07, 6.45) is 0.849. The second kappa shape index (κ2) is 8.67. The van der Waals surface area contributed by atoms with Crippen LogP contribution in [0.4, 0.5) is 0 Å². The molecule has 7 nitrogen and oxygen atoms in total. The Bertz CT molecular complexity index is 1130. The molecule has 3 rings (SSSR count). The van der Waals surface area contributed by atoms with Gasteiger partial charge in [-0.05, 0) is 44.2 Å². The monoisotopic (exact) mass is 412 g/mol. The largest absolute Gasteiger partial charge is 0.338 e. The fourth-order valence-corrected chi connectivity index (χ4v) is 3.79. The van der Waals surface area contributed by atoms with Gasteiger partial charge in [-0.25, -0.2) is 23.1 Å². The molecule has 0 unspecified atom stereocenters. The molecule has 0 saturated heterocycles. The second-order valence-electron chi connectivity index (χ2n) is 6.84. The summed E-state index contributed by atoms with van der Waals surface area (Å²) < 4.78 is 25.8. The Balaban J connectivity index is 1.61. The molecule has 1 amide bonds. The van der Waals surface area contributed by atoms with E-state index < -0.39 is 10.0 Å². The number of carbonyl (C=O) groups is 1. The average Bonchev–Trinajstić information content (AvgIpc) is 2.72. The van der Waals surface area contributed by atoms with Gasteiger partial charge in [0.2, 0.25) is 15.9 Å². The van der Waals surface area contributed by atoms with Gasteiger partial charge in [-0.2, -0.15) is 0 Å². The lowest BCUT2D eigenvalue weighted by atomic mass is 10.1. The van der Waals surface area contributed by atoms with Crippen LogP contribution in [0.3, 0.4) is 0 Å². The number of para-hydroxylation sites is 1. The van der Waals surface area contributed by atoms with Crippen LogP contribution in [0.25, 0.3) is 10.9 Å². The standard InChI is InChI=1S/C21H24N4O3S/c1-15-18-6-4-5-7-19(18)24-20(23-15)14-25(3)21(26)13-10-16-8-11-17(12-9-16)29(27,28)22-2/h4-9,11-12,22H,10,13-14H2,1-3H3. The van der Waals surface area contributed by atoms with Crippen LogP contribution in [0.2, 0.25) is 0 Å². The zero-order valence-corrected chi connectivity index (χ0v) is 17.5. The van der Waals surface area contributed by atoms with E-state index in [2.05, 4.69) is 14.7 Å². The first-order chi connectivity index (χ1) is 13.8. The predicted octanol–water partition coefficient (Wildman–Crippen LogP) is 2.44. The summed E-state index contributed by atoms with van der Waals surface area (Å²) in [6, 6.07) is 14.3. The highest BCUT2D eigenvalue weighted by molar-refractivity contribution is 7.89. The molecule has 0 spiro atoms. The van der Waals surface area contributed by atoms with Gasteiger partial charge in [0.05, 0.1) is 17.0 Å². The van der Waals surface area contributed by atoms with Gasteiger partial charge in [0.25, 0.3) is 0 Å². The lowest BCUT2D eigenvalue weighted by molar-refractivity contribution is -0.130. The van der Waals surface area contributed by atoms with Gasteiger partial charge in [-0.1, -0.05) is 30.3 Å². The molecule has 0 atom stereocenters. The van der Waals surface area contributed by atoms with E-state index in [1.165, 1.54) is 7.05 Å². The Morgan fingerprint density at radius 3 is 2.45 bits per heavy atom. The van der Waals surface area contributed by atoms with Crippen molar-refractivity contribution in [3.05, 3.63) is 65.6 Å². The molecule has 0 aliphatic heterocycles. The van der Waals surface area contributed by atoms with Crippen molar-refractivity contribution >= 4 is 26.8 Å². The van der Waals surface area contributed by atoms with Crippen LogP contribution in [0.5, 0.6) is 0 Å². The minimum atomic E-state index is -3.45. The molecule has 8 heteroatoms. The molecule has 1 N–H and O–H groups in total. The number of carbonyl (C=O) groups excluding carboxylic acids is 1. The molecular formula is C21H24N4O3S. The fourth-order valence-electron chi connectivity index (χ4n) is 3.06. The van der Waals surface area contributed by atoms with Gasteiger partial charge in [0, 0.05) is 24.5 Å². The molecule has 0 aliphatic carbocycles. The van der Waals surface area contributed by atoms with Gasteiger partial charge >= 0.3 is 0 Å². The van der Waals surface area contributed by atoms with Crippen molar-refractivity contribution in [1.29, 1.82) is 0 Å². The topological polar surface area (TPSA) is 92.3 Å². The number of fused-ring (bicyclic) bond motifs is 1. The Hall–Kier alpha value is -2.84. The summed E-state index contributed by atoms with van der Waals surface area (Å²) in [4.78, 5) is 23.4. The molecule has 0 aliphatic rings. The number of aromatic nitrogens is 2. The van der Waals surface area contributed by atoms with E-state index in [9.17, 15) is 13.2 Å². The minimum absolute atomic E-state index is 0.0219. The van der Waals surface area contributed by atoms with Crippen LogP contribution in [0.15, 0.2) is 53.4 Å². The van der Waals surface area contributed by atoms with Crippen LogP contribution in [-0.4, -0.2) is 43.3 Å².